The van der Waals surface area contributed by atoms with Gasteiger partial charge in [-0.25, -0.2) is 8.78 Å². The van der Waals surface area contributed by atoms with E-state index >= 15 is 0 Å². The van der Waals surface area contributed by atoms with Crippen molar-refractivity contribution in [3.05, 3.63) is 71.2 Å². The number of imide groups is 1. The summed E-state index contributed by atoms with van der Waals surface area (Å²) in [6, 6.07) is 10.2. The van der Waals surface area contributed by atoms with Crippen molar-refractivity contribution in [1.82, 2.24) is 30.2 Å². The normalized spacial score (nSPS) is 18.0. The number of amides is 5. The van der Waals surface area contributed by atoms with Crippen molar-refractivity contribution in [2.75, 3.05) is 48.3 Å². The molecule has 5 amide bonds. The van der Waals surface area contributed by atoms with E-state index in [2.05, 4.69) is 26.4 Å². The second-order valence-corrected chi connectivity index (χ2v) is 18.1. The van der Waals surface area contributed by atoms with Gasteiger partial charge in [-0.1, -0.05) is 38.2 Å². The number of nitrogens with one attached hydrogen (secondary N) is 5. The van der Waals surface area contributed by atoms with Crippen molar-refractivity contribution in [1.29, 1.82) is 5.41 Å². The first-order valence-corrected chi connectivity index (χ1v) is 23.7. The monoisotopic (exact) mass is 911 g/mol. The van der Waals surface area contributed by atoms with Gasteiger partial charge in [0.25, 0.3) is 6.43 Å². The Balaban J connectivity index is 0.818. The summed E-state index contributed by atoms with van der Waals surface area (Å²) in [5, 5.41) is 25.8. The quantitative estimate of drug-likeness (QED) is 0.0381. The number of rotatable bonds is 18. The topological polar surface area (TPSA) is 185 Å². The molecule has 15 nitrogen and oxygen atoms in total. The van der Waals surface area contributed by atoms with Gasteiger partial charge in [0.05, 0.1) is 12.7 Å². The molecule has 7 rings (SSSR count). The lowest BCUT2D eigenvalue weighted by Gasteiger charge is -2.39. The summed E-state index contributed by atoms with van der Waals surface area (Å²) in [7, 11) is 1.75. The first-order chi connectivity index (χ1) is 31.8. The molecule has 0 spiro atoms. The third-order valence-corrected chi connectivity index (χ3v) is 13.2. The van der Waals surface area contributed by atoms with Crippen LogP contribution in [0.3, 0.4) is 0 Å². The molecule has 4 aliphatic rings. The minimum absolute atomic E-state index is 0.0609. The minimum Gasteiger partial charge on any atom is -0.385 e. The van der Waals surface area contributed by atoms with Crippen LogP contribution in [0, 0.1) is 5.41 Å². The Morgan fingerprint density at radius 2 is 1.59 bits per heavy atom. The highest BCUT2D eigenvalue weighted by atomic mass is 19.3. The molecule has 1 unspecified atom stereocenters. The van der Waals surface area contributed by atoms with Crippen molar-refractivity contribution >= 4 is 52.4 Å². The van der Waals surface area contributed by atoms with Crippen LogP contribution < -0.4 is 26.2 Å². The summed E-state index contributed by atoms with van der Waals surface area (Å²) < 4.78 is 30.7. The first-order valence-electron chi connectivity index (χ1n) is 23.7. The lowest BCUT2D eigenvalue weighted by atomic mass is 9.92. The van der Waals surface area contributed by atoms with E-state index in [1.54, 1.807) is 47.2 Å². The van der Waals surface area contributed by atoms with E-state index in [1.165, 1.54) is 13.0 Å². The molecule has 66 heavy (non-hydrogen) atoms. The number of nitrogens with zero attached hydrogens (tertiary/aromatic N) is 5. The number of likely N-dealkylation sites (tertiary alicyclic amines) is 1. The zero-order valence-electron chi connectivity index (χ0n) is 38.2. The smallest absolute Gasteiger partial charge is 0.264 e. The van der Waals surface area contributed by atoms with Crippen molar-refractivity contribution in [2.24, 2.45) is 7.05 Å². The van der Waals surface area contributed by atoms with Gasteiger partial charge >= 0.3 is 0 Å². The van der Waals surface area contributed by atoms with Crippen LogP contribution in [-0.2, 0) is 37.4 Å². The molecule has 2 saturated heterocycles. The number of carbonyl (C=O) groups excluding carboxylic acids is 5. The third-order valence-electron chi connectivity index (χ3n) is 13.2. The molecule has 2 fully saturated rings. The third kappa shape index (κ3) is 12.4. The molecule has 0 bridgehead atoms. The van der Waals surface area contributed by atoms with E-state index in [0.717, 1.165) is 75.5 Å². The molecule has 0 radical (unpaired) electrons. The molecular weight excluding hydrogens is 847 g/mol. The van der Waals surface area contributed by atoms with E-state index < -0.39 is 12.5 Å². The highest BCUT2D eigenvalue weighted by molar-refractivity contribution is 6.09. The van der Waals surface area contributed by atoms with Gasteiger partial charge in [0.1, 0.15) is 11.9 Å². The maximum atomic E-state index is 14.6. The van der Waals surface area contributed by atoms with Gasteiger partial charge < -0.3 is 30.7 Å². The summed E-state index contributed by atoms with van der Waals surface area (Å²) in [6.07, 6.45) is 12.5. The summed E-state index contributed by atoms with van der Waals surface area (Å²) in [6.45, 7) is 4.11. The fraction of sp³-hybridized carbons (Fsp3) is 0.531. The number of aromatic nitrogens is 2. The molecule has 3 aromatic rings. The predicted molar refractivity (Wildman–Crippen MR) is 250 cm³/mol. The number of hydrogen-bond acceptors (Lipinski definition) is 9. The Kier molecular flexibility index (Phi) is 16.2. The molecule has 0 aliphatic carbocycles. The highest BCUT2D eigenvalue weighted by Gasteiger charge is 2.33. The largest absolute Gasteiger partial charge is 0.385 e. The number of halogens is 2. The summed E-state index contributed by atoms with van der Waals surface area (Å²) in [5.74, 6) is -0.355. The molecule has 0 saturated carbocycles. The average molecular weight is 911 g/mol. The van der Waals surface area contributed by atoms with Crippen LogP contribution in [0.4, 0.5) is 25.8 Å². The maximum absolute atomic E-state index is 14.6. The van der Waals surface area contributed by atoms with Gasteiger partial charge in [0.2, 0.25) is 29.5 Å². The lowest BCUT2D eigenvalue weighted by molar-refractivity contribution is -0.134. The number of alkyl halides is 2. The van der Waals surface area contributed by atoms with E-state index in [-0.39, 0.29) is 59.9 Å². The molecule has 17 heteroatoms. The molecule has 1 atom stereocenters. The zero-order chi connectivity index (χ0) is 46.7. The van der Waals surface area contributed by atoms with E-state index in [0.29, 0.717) is 92.0 Å². The van der Waals surface area contributed by atoms with E-state index in [4.69, 9.17) is 0 Å². The van der Waals surface area contributed by atoms with Crippen LogP contribution in [0.25, 0.3) is 11.1 Å². The summed E-state index contributed by atoms with van der Waals surface area (Å²) in [5.41, 5.74) is 5.44. The minimum atomic E-state index is -2.71. The second kappa shape index (κ2) is 22.4. The Labute approximate surface area is 385 Å². The van der Waals surface area contributed by atoms with E-state index in [1.807, 2.05) is 21.9 Å². The van der Waals surface area contributed by atoms with Gasteiger partial charge in [-0.05, 0) is 86.4 Å². The number of fused-ring (bicyclic) bond motifs is 1. The fourth-order valence-electron chi connectivity index (χ4n) is 9.51. The van der Waals surface area contributed by atoms with Gasteiger partial charge in [-0.15, -0.1) is 0 Å². The molecular formula is C49H64F2N10O5. The number of benzene rings is 2. The zero-order valence-corrected chi connectivity index (χ0v) is 38.2. The standard InChI is InChI=1S/C49H64F2N10O5/c1-32(62)60-25-21-41(40(31-60)48(52)61-22-11-12-33-26-38(34-29-53-58(2)30-34)39(47(50)51)28-43(33)61)54-35-19-23-59(24-20-35)46(65)16-9-7-5-3-4-6-8-15-44(63)56-37-14-10-13-36(27-37)55-42-17-18-45(64)57-49(42)66/h10,13-14,26-30,35,42,47,52,54-55H,3-9,11-12,15-25,31H2,1-2H3,(H,56,63)(H,57,64,66). The highest BCUT2D eigenvalue weighted by Crippen LogP contribution is 2.40. The molecule has 5 N–H and O–H groups in total. The number of anilines is 3. The van der Waals surface area contributed by atoms with Crippen LogP contribution in [0.1, 0.15) is 121 Å². The van der Waals surface area contributed by atoms with Gasteiger partial charge in [0, 0.05) is 118 Å². The SMILES string of the molecule is CC(=O)N1CCC(NC2CCN(C(=O)CCCCCCCCCC(=O)Nc3cccc(NC4CCC(=O)NC4=O)c3)CC2)=C(C(=N)N2CCCc3cc(-c4cnn(C)c4)c(C(F)F)cc32)C1. The predicted octanol–water partition coefficient (Wildman–Crippen LogP) is 7.21. The number of hydrogen-bond donors (Lipinski definition) is 5. The molecule has 4 aliphatic heterocycles. The number of piperidine rings is 2. The van der Waals surface area contributed by atoms with Crippen LogP contribution in [0.15, 0.2) is 60.1 Å². The molecule has 5 heterocycles. The molecule has 354 valence electrons. The first kappa shape index (κ1) is 47.8. The molecule has 1 aromatic heterocycles. The number of carbonyl (C=O) groups is 5. The van der Waals surface area contributed by atoms with E-state index in [9.17, 15) is 38.2 Å². The van der Waals surface area contributed by atoms with Crippen LogP contribution in [0.2, 0.25) is 0 Å². The van der Waals surface area contributed by atoms with Crippen molar-refractivity contribution in [2.45, 2.75) is 128 Å². The Morgan fingerprint density at radius 3 is 2.29 bits per heavy atom. The Morgan fingerprint density at radius 1 is 0.864 bits per heavy atom. The van der Waals surface area contributed by atoms with Gasteiger partial charge in [-0.3, -0.25) is 39.4 Å². The lowest BCUT2D eigenvalue weighted by Crippen LogP contribution is -2.48. The number of aryl methyl sites for hydroxylation is 2. The van der Waals surface area contributed by atoms with Crippen LogP contribution in [0.5, 0.6) is 0 Å². The Hall–Kier alpha value is -6.13. The number of amidine groups is 1. The summed E-state index contributed by atoms with van der Waals surface area (Å²) in [4.78, 5) is 67.4. The van der Waals surface area contributed by atoms with Crippen molar-refractivity contribution in [3.63, 3.8) is 0 Å². The maximum Gasteiger partial charge on any atom is 0.264 e. The average Bonchev–Trinajstić information content (AvgIpc) is 3.74. The summed E-state index contributed by atoms with van der Waals surface area (Å²) >= 11 is 0. The van der Waals surface area contributed by atoms with Crippen molar-refractivity contribution < 1.29 is 32.8 Å². The van der Waals surface area contributed by atoms with Crippen LogP contribution >= 0.6 is 0 Å². The second-order valence-electron chi connectivity index (χ2n) is 18.1. The number of unbranched alkanes of at least 4 members (excludes halogenated alkanes) is 6. The fourth-order valence-corrected chi connectivity index (χ4v) is 9.51. The molecule has 2 aromatic carbocycles. The van der Waals surface area contributed by atoms with Crippen LogP contribution in [-0.4, -0.2) is 99.8 Å². The Bertz CT molecular complexity index is 2300. The van der Waals surface area contributed by atoms with Crippen molar-refractivity contribution in [3.8, 4) is 11.1 Å². The van der Waals surface area contributed by atoms with Gasteiger partial charge in [-0.2, -0.15) is 5.10 Å². The van der Waals surface area contributed by atoms with Gasteiger partial charge in [0.15, 0.2) is 0 Å².